The van der Waals surface area contributed by atoms with Crippen LogP contribution in [0.15, 0.2) is 66.7 Å². The van der Waals surface area contributed by atoms with Gasteiger partial charge in [-0.05, 0) is 42.0 Å². The van der Waals surface area contributed by atoms with E-state index in [4.69, 9.17) is 14.2 Å². The van der Waals surface area contributed by atoms with E-state index >= 15 is 0 Å². The summed E-state index contributed by atoms with van der Waals surface area (Å²) in [6.07, 6.45) is -2.31. The van der Waals surface area contributed by atoms with Crippen molar-refractivity contribution in [2.24, 2.45) is 0 Å². The topological polar surface area (TPSA) is 186 Å². The van der Waals surface area contributed by atoms with Gasteiger partial charge < -0.3 is 50.0 Å². The zero-order chi connectivity index (χ0) is 28.8. The van der Waals surface area contributed by atoms with Crippen LogP contribution in [0.2, 0.25) is 0 Å². The number of ketones is 1. The lowest BCUT2D eigenvalue weighted by atomic mass is 9.74. The van der Waals surface area contributed by atoms with Gasteiger partial charge >= 0.3 is 5.79 Å². The van der Waals surface area contributed by atoms with Gasteiger partial charge in [0.1, 0.15) is 57.7 Å². The van der Waals surface area contributed by atoms with Crippen LogP contribution in [0.4, 0.5) is 0 Å². The Morgan fingerprint density at radius 3 is 2.07 bits per heavy atom. The monoisotopic (exact) mass is 558 g/mol. The first kappa shape index (κ1) is 24.9. The third-order valence-corrected chi connectivity index (χ3v) is 7.77. The average molecular weight is 558 g/mol. The highest BCUT2D eigenvalue weighted by Gasteiger charge is 2.72. The Balaban J connectivity index is 1.49. The lowest BCUT2D eigenvalue weighted by molar-refractivity contribution is -0.218. The Morgan fingerprint density at radius 2 is 1.39 bits per heavy atom. The third-order valence-electron chi connectivity index (χ3n) is 7.77. The van der Waals surface area contributed by atoms with Crippen molar-refractivity contribution in [3.8, 4) is 46.0 Å². The van der Waals surface area contributed by atoms with E-state index in [1.165, 1.54) is 42.5 Å². The molecule has 0 bridgehead atoms. The molecule has 7 rings (SSSR count). The number of ether oxygens (including phenoxy) is 3. The van der Waals surface area contributed by atoms with E-state index < -0.39 is 46.4 Å². The SMILES string of the molecule is O=C1c2c(O)cc(O)cc2OC2(c3ccc(O)cc3)Oc3cc(O)c4c(c3C12O)OC(c1ccc(O)cc1)C(O)C4. The summed E-state index contributed by atoms with van der Waals surface area (Å²) in [5.41, 5.74) is -2.73. The molecule has 0 aliphatic carbocycles. The number of carbonyl (C=O) groups excluding carboxylic acids is 1. The highest BCUT2D eigenvalue weighted by atomic mass is 16.7. The van der Waals surface area contributed by atoms with Gasteiger partial charge in [-0.25, -0.2) is 0 Å². The number of aliphatic hydroxyl groups excluding tert-OH is 1. The number of hydrogen-bond donors (Lipinski definition) is 7. The van der Waals surface area contributed by atoms with E-state index in [0.717, 1.165) is 12.1 Å². The quantitative estimate of drug-likeness (QED) is 0.192. The number of hydrogen-bond acceptors (Lipinski definition) is 11. The minimum atomic E-state index is -2.74. The fourth-order valence-electron chi connectivity index (χ4n) is 5.88. The van der Waals surface area contributed by atoms with Crippen molar-refractivity contribution in [1.82, 2.24) is 0 Å². The number of Topliss-reactive ketones (excluding diaryl/α,β-unsaturated/α-hetero) is 1. The van der Waals surface area contributed by atoms with Crippen molar-refractivity contribution < 1.29 is 54.8 Å². The zero-order valence-electron chi connectivity index (χ0n) is 21.0. The van der Waals surface area contributed by atoms with Crippen molar-refractivity contribution >= 4 is 5.78 Å². The molecule has 4 aromatic rings. The van der Waals surface area contributed by atoms with Gasteiger partial charge in [0, 0.05) is 35.7 Å². The number of fused-ring (bicyclic) bond motifs is 6. The number of phenolic OH excluding ortho intramolecular Hbond substituents is 5. The fraction of sp³-hybridized carbons (Fsp3) is 0.167. The Morgan fingerprint density at radius 1 is 0.756 bits per heavy atom. The van der Waals surface area contributed by atoms with E-state index in [1.807, 2.05) is 0 Å². The minimum Gasteiger partial charge on any atom is -0.508 e. The Kier molecular flexibility index (Phi) is 4.97. The van der Waals surface area contributed by atoms with E-state index in [-0.39, 0.29) is 57.6 Å². The van der Waals surface area contributed by atoms with E-state index in [0.29, 0.717) is 5.56 Å². The third kappa shape index (κ3) is 3.24. The van der Waals surface area contributed by atoms with Crippen LogP contribution < -0.4 is 14.2 Å². The Hall–Kier alpha value is -5.13. The normalized spacial score (nSPS) is 25.6. The summed E-state index contributed by atoms with van der Waals surface area (Å²) < 4.78 is 18.6. The second-order valence-electron chi connectivity index (χ2n) is 10.2. The molecular weight excluding hydrogens is 536 g/mol. The molecule has 11 nitrogen and oxygen atoms in total. The Bertz CT molecular complexity index is 1750. The molecule has 0 fully saturated rings. The standard InChI is InChI=1S/C30H22O11/c31-15-5-1-13(2-6-15)26-21(36)11-18-19(34)12-23-25(27(18)39-26)29(38)28(37)24-20(35)9-17(33)10-22(24)40-30(29,41-23)14-3-7-16(32)8-4-14/h1-10,12,21,26,31-36,38H,11H2. The molecular formula is C30H22O11. The number of aliphatic hydroxyl groups is 2. The second kappa shape index (κ2) is 8.19. The first-order valence-corrected chi connectivity index (χ1v) is 12.6. The molecule has 3 aliphatic heterocycles. The molecule has 0 saturated heterocycles. The molecule has 0 saturated carbocycles. The smallest absolute Gasteiger partial charge is 0.319 e. The van der Waals surface area contributed by atoms with Gasteiger partial charge in [0.05, 0.1) is 11.7 Å². The number of benzene rings is 4. The van der Waals surface area contributed by atoms with Crippen molar-refractivity contribution in [2.45, 2.75) is 30.0 Å². The minimum absolute atomic E-state index is 0.00570. The van der Waals surface area contributed by atoms with Crippen LogP contribution >= 0.6 is 0 Å². The first-order valence-electron chi connectivity index (χ1n) is 12.6. The maximum Gasteiger partial charge on any atom is 0.319 e. The predicted molar refractivity (Wildman–Crippen MR) is 138 cm³/mol. The predicted octanol–water partition coefficient (Wildman–Crippen LogP) is 2.96. The summed E-state index contributed by atoms with van der Waals surface area (Å²) in [5.74, 6) is -5.54. The largest absolute Gasteiger partial charge is 0.508 e. The number of aromatic hydroxyl groups is 5. The van der Waals surface area contributed by atoms with Crippen LogP contribution in [-0.4, -0.2) is 47.6 Å². The summed E-state index contributed by atoms with van der Waals surface area (Å²) >= 11 is 0. The Labute approximate surface area is 231 Å². The first-order chi connectivity index (χ1) is 19.5. The summed E-state index contributed by atoms with van der Waals surface area (Å²) in [6, 6.07) is 14.4. The molecule has 208 valence electrons. The van der Waals surface area contributed by atoms with Crippen LogP contribution in [0.5, 0.6) is 46.0 Å². The fourth-order valence-corrected chi connectivity index (χ4v) is 5.88. The number of phenols is 5. The van der Waals surface area contributed by atoms with Crippen molar-refractivity contribution in [2.75, 3.05) is 0 Å². The van der Waals surface area contributed by atoms with Gasteiger partial charge in [0.2, 0.25) is 11.4 Å². The van der Waals surface area contributed by atoms with Crippen LogP contribution in [0.1, 0.15) is 38.7 Å². The highest BCUT2D eigenvalue weighted by Crippen LogP contribution is 2.64. The van der Waals surface area contributed by atoms with Gasteiger partial charge in [-0.3, -0.25) is 4.79 Å². The maximum atomic E-state index is 14.3. The van der Waals surface area contributed by atoms with Gasteiger partial charge in [0.15, 0.2) is 0 Å². The maximum absolute atomic E-state index is 14.3. The van der Waals surface area contributed by atoms with Crippen molar-refractivity contribution in [1.29, 1.82) is 0 Å². The number of rotatable bonds is 2. The average Bonchev–Trinajstić information content (AvgIpc) is 3.18. The zero-order valence-corrected chi connectivity index (χ0v) is 21.0. The van der Waals surface area contributed by atoms with Crippen LogP contribution in [0.25, 0.3) is 0 Å². The molecule has 3 aliphatic rings. The highest BCUT2D eigenvalue weighted by molar-refractivity contribution is 6.10. The second-order valence-corrected chi connectivity index (χ2v) is 10.2. The lowest BCUT2D eigenvalue weighted by Gasteiger charge is -2.44. The van der Waals surface area contributed by atoms with Crippen LogP contribution in [-0.2, 0) is 17.8 Å². The van der Waals surface area contributed by atoms with Crippen molar-refractivity contribution in [3.05, 3.63) is 94.5 Å². The van der Waals surface area contributed by atoms with Gasteiger partial charge in [-0.1, -0.05) is 12.1 Å². The summed E-state index contributed by atoms with van der Waals surface area (Å²) in [4.78, 5) is 14.3. The number of carbonyl (C=O) groups is 1. The van der Waals surface area contributed by atoms with Gasteiger partial charge in [-0.15, -0.1) is 0 Å². The molecule has 0 radical (unpaired) electrons. The molecule has 11 heteroatoms. The molecule has 0 aromatic heterocycles. The van der Waals surface area contributed by atoms with Gasteiger partial charge in [0.25, 0.3) is 0 Å². The molecule has 4 unspecified atom stereocenters. The molecule has 0 spiro atoms. The van der Waals surface area contributed by atoms with E-state index in [1.54, 1.807) is 12.1 Å². The molecule has 7 N–H and O–H groups in total. The molecule has 4 atom stereocenters. The molecule has 4 aromatic carbocycles. The van der Waals surface area contributed by atoms with Crippen LogP contribution in [0, 0.1) is 0 Å². The van der Waals surface area contributed by atoms with Crippen molar-refractivity contribution in [3.63, 3.8) is 0 Å². The van der Waals surface area contributed by atoms with Gasteiger partial charge in [-0.2, -0.15) is 0 Å². The van der Waals surface area contributed by atoms with Crippen LogP contribution in [0.3, 0.4) is 0 Å². The summed E-state index contributed by atoms with van der Waals surface area (Å²) in [7, 11) is 0. The molecule has 3 heterocycles. The summed E-state index contributed by atoms with van der Waals surface area (Å²) in [6.45, 7) is 0. The molecule has 41 heavy (non-hydrogen) atoms. The lowest BCUT2D eigenvalue weighted by Crippen LogP contribution is -2.60. The molecule has 0 amide bonds. The van der Waals surface area contributed by atoms with E-state index in [2.05, 4.69) is 0 Å². The summed E-state index contributed by atoms with van der Waals surface area (Å²) in [5, 5.41) is 74.8. The van der Waals surface area contributed by atoms with E-state index in [9.17, 15) is 40.5 Å².